The van der Waals surface area contributed by atoms with Gasteiger partial charge in [-0.05, 0) is 38.5 Å². The third-order valence-corrected chi connectivity index (χ3v) is 4.53. The van der Waals surface area contributed by atoms with E-state index in [2.05, 4.69) is 0 Å². The average Bonchev–Trinajstić information content (AvgIpc) is 2.46. The van der Waals surface area contributed by atoms with Gasteiger partial charge in [-0.25, -0.2) is 4.79 Å². The Balaban J connectivity index is 2.00. The fraction of sp³-hybridized carbons (Fsp3) is 0.857. The van der Waals surface area contributed by atoms with E-state index in [0.29, 0.717) is 26.1 Å². The van der Waals surface area contributed by atoms with E-state index in [1.54, 1.807) is 16.7 Å². The summed E-state index contributed by atoms with van der Waals surface area (Å²) in [4.78, 5) is 27.3. The fourth-order valence-corrected chi connectivity index (χ4v) is 3.17. The molecule has 2 N–H and O–H groups in total. The normalized spacial score (nSPS) is 31.2. The summed E-state index contributed by atoms with van der Waals surface area (Å²) in [5, 5.41) is 18.5. The number of hydrogen-bond acceptors (Lipinski definition) is 3. The molecule has 2 atom stereocenters. The molecule has 0 aromatic rings. The number of piperidine rings is 2. The van der Waals surface area contributed by atoms with E-state index in [0.717, 1.165) is 19.3 Å². The van der Waals surface area contributed by atoms with Crippen LogP contribution < -0.4 is 0 Å². The third-order valence-electron chi connectivity index (χ3n) is 4.53. The second kappa shape index (κ2) is 5.99. The van der Waals surface area contributed by atoms with Crippen LogP contribution in [-0.2, 0) is 4.79 Å². The smallest absolute Gasteiger partial charge is 0.320 e. The van der Waals surface area contributed by atoms with Gasteiger partial charge in [0.05, 0.1) is 5.41 Å². The molecule has 0 radical (unpaired) electrons. The Labute approximate surface area is 119 Å². The van der Waals surface area contributed by atoms with Crippen LogP contribution in [0.25, 0.3) is 0 Å². The van der Waals surface area contributed by atoms with Gasteiger partial charge >= 0.3 is 12.0 Å². The highest BCUT2D eigenvalue weighted by Gasteiger charge is 2.40. The quantitative estimate of drug-likeness (QED) is 0.792. The van der Waals surface area contributed by atoms with Crippen molar-refractivity contribution in [1.29, 1.82) is 0 Å². The van der Waals surface area contributed by atoms with Crippen LogP contribution in [0.4, 0.5) is 4.79 Å². The van der Waals surface area contributed by atoms with Crippen molar-refractivity contribution in [2.24, 2.45) is 11.3 Å². The van der Waals surface area contributed by atoms with Crippen LogP contribution in [0, 0.1) is 11.3 Å². The number of aliphatic hydroxyl groups is 1. The minimum Gasteiger partial charge on any atom is -0.481 e. The zero-order chi connectivity index (χ0) is 14.8. The zero-order valence-electron chi connectivity index (χ0n) is 12.0. The molecule has 2 aliphatic heterocycles. The lowest BCUT2D eigenvalue weighted by Gasteiger charge is -2.41. The first-order valence-electron chi connectivity index (χ1n) is 7.34. The number of aliphatic hydroxyl groups excluding tert-OH is 1. The highest BCUT2D eigenvalue weighted by Crippen LogP contribution is 2.30. The molecule has 2 amide bonds. The number of carboxylic acids is 1. The van der Waals surface area contributed by atoms with Crippen LogP contribution in [0.15, 0.2) is 0 Å². The molecule has 6 nitrogen and oxygen atoms in total. The minimum atomic E-state index is -0.833. The van der Waals surface area contributed by atoms with Crippen molar-refractivity contribution in [1.82, 2.24) is 9.80 Å². The van der Waals surface area contributed by atoms with Crippen LogP contribution in [0.3, 0.4) is 0 Å². The van der Waals surface area contributed by atoms with Crippen LogP contribution in [0.1, 0.15) is 32.6 Å². The Bertz CT molecular complexity index is 387. The molecule has 0 saturated carbocycles. The Kier molecular flexibility index (Phi) is 4.52. The van der Waals surface area contributed by atoms with Gasteiger partial charge in [0.25, 0.3) is 0 Å². The van der Waals surface area contributed by atoms with E-state index in [1.807, 2.05) is 0 Å². The Morgan fingerprint density at radius 2 is 1.95 bits per heavy atom. The van der Waals surface area contributed by atoms with E-state index in [1.165, 1.54) is 0 Å². The standard InChI is InChI=1S/C14H24N2O4/c1-14(12(18)19)5-3-7-16(10-14)13(20)15-6-2-4-11(8-15)9-17/h11,17H,2-10H2,1H3,(H,18,19). The fourth-order valence-electron chi connectivity index (χ4n) is 3.17. The van der Waals surface area contributed by atoms with Crippen LogP contribution >= 0.6 is 0 Å². The largest absolute Gasteiger partial charge is 0.481 e. The van der Waals surface area contributed by atoms with Crippen molar-refractivity contribution < 1.29 is 19.8 Å². The van der Waals surface area contributed by atoms with Gasteiger partial charge < -0.3 is 20.0 Å². The summed E-state index contributed by atoms with van der Waals surface area (Å²) in [7, 11) is 0. The molecule has 0 aromatic carbocycles. The molecule has 0 spiro atoms. The second-order valence-corrected chi connectivity index (χ2v) is 6.31. The summed E-state index contributed by atoms with van der Waals surface area (Å²) in [6.07, 6.45) is 3.20. The maximum atomic E-state index is 12.5. The predicted molar refractivity (Wildman–Crippen MR) is 73.3 cm³/mol. The van der Waals surface area contributed by atoms with Crippen molar-refractivity contribution >= 4 is 12.0 Å². The lowest BCUT2D eigenvalue weighted by molar-refractivity contribution is -0.150. The summed E-state index contributed by atoms with van der Waals surface area (Å²) in [6, 6.07) is -0.0738. The van der Waals surface area contributed by atoms with Gasteiger partial charge in [0.1, 0.15) is 0 Å². The molecular formula is C14H24N2O4. The lowest BCUT2D eigenvalue weighted by atomic mass is 9.82. The summed E-state index contributed by atoms with van der Waals surface area (Å²) in [5.41, 5.74) is -0.833. The minimum absolute atomic E-state index is 0.0738. The van der Waals surface area contributed by atoms with Gasteiger partial charge in [-0.1, -0.05) is 0 Å². The molecule has 6 heteroatoms. The number of hydrogen-bond donors (Lipinski definition) is 2. The summed E-state index contributed by atoms with van der Waals surface area (Å²) in [5.74, 6) is -0.676. The summed E-state index contributed by atoms with van der Waals surface area (Å²) >= 11 is 0. The van der Waals surface area contributed by atoms with Gasteiger partial charge in [0.15, 0.2) is 0 Å². The summed E-state index contributed by atoms with van der Waals surface area (Å²) in [6.45, 7) is 4.01. The summed E-state index contributed by atoms with van der Waals surface area (Å²) < 4.78 is 0. The first kappa shape index (κ1) is 15.1. The van der Waals surface area contributed by atoms with Crippen LogP contribution in [0.2, 0.25) is 0 Å². The maximum absolute atomic E-state index is 12.5. The van der Waals surface area contributed by atoms with Crippen molar-refractivity contribution in [2.45, 2.75) is 32.6 Å². The van der Waals surface area contributed by atoms with Crippen LogP contribution in [0.5, 0.6) is 0 Å². The SMILES string of the molecule is CC1(C(=O)O)CCCN(C(=O)N2CCCC(CO)C2)C1. The van der Waals surface area contributed by atoms with Crippen LogP contribution in [-0.4, -0.2) is 64.8 Å². The number of nitrogens with zero attached hydrogens (tertiary/aromatic N) is 2. The Morgan fingerprint density at radius 1 is 1.25 bits per heavy atom. The average molecular weight is 284 g/mol. The molecular weight excluding hydrogens is 260 g/mol. The Hall–Kier alpha value is -1.30. The first-order valence-corrected chi connectivity index (χ1v) is 7.34. The molecule has 2 rings (SSSR count). The van der Waals surface area contributed by atoms with E-state index in [9.17, 15) is 19.8 Å². The number of carbonyl (C=O) groups excluding carboxylic acids is 1. The number of urea groups is 1. The van der Waals surface area contributed by atoms with Gasteiger partial charge in [0.2, 0.25) is 0 Å². The van der Waals surface area contributed by atoms with E-state index in [-0.39, 0.29) is 25.1 Å². The van der Waals surface area contributed by atoms with Crippen molar-refractivity contribution in [3.63, 3.8) is 0 Å². The molecule has 2 fully saturated rings. The Morgan fingerprint density at radius 3 is 2.60 bits per heavy atom. The molecule has 20 heavy (non-hydrogen) atoms. The number of carbonyl (C=O) groups is 2. The van der Waals surface area contributed by atoms with E-state index < -0.39 is 11.4 Å². The molecule has 2 heterocycles. The number of amides is 2. The molecule has 2 saturated heterocycles. The van der Waals surface area contributed by atoms with Crippen molar-refractivity contribution in [3.8, 4) is 0 Å². The monoisotopic (exact) mass is 284 g/mol. The molecule has 0 aliphatic carbocycles. The van der Waals surface area contributed by atoms with E-state index >= 15 is 0 Å². The maximum Gasteiger partial charge on any atom is 0.320 e. The lowest BCUT2D eigenvalue weighted by Crippen LogP contribution is -2.54. The molecule has 0 bridgehead atoms. The number of aliphatic carboxylic acids is 1. The van der Waals surface area contributed by atoms with Crippen molar-refractivity contribution in [2.75, 3.05) is 32.8 Å². The van der Waals surface area contributed by atoms with Crippen molar-refractivity contribution in [3.05, 3.63) is 0 Å². The second-order valence-electron chi connectivity index (χ2n) is 6.31. The third kappa shape index (κ3) is 3.06. The van der Waals surface area contributed by atoms with Gasteiger partial charge in [0, 0.05) is 32.8 Å². The van der Waals surface area contributed by atoms with Gasteiger partial charge in [-0.15, -0.1) is 0 Å². The first-order chi connectivity index (χ1) is 9.46. The molecule has 114 valence electrons. The highest BCUT2D eigenvalue weighted by molar-refractivity contribution is 5.78. The highest BCUT2D eigenvalue weighted by atomic mass is 16.4. The predicted octanol–water partition coefficient (Wildman–Crippen LogP) is 0.997. The topological polar surface area (TPSA) is 81.1 Å². The number of likely N-dealkylation sites (tertiary alicyclic amines) is 2. The number of rotatable bonds is 2. The van der Waals surface area contributed by atoms with Gasteiger partial charge in [-0.2, -0.15) is 0 Å². The molecule has 2 aliphatic rings. The zero-order valence-corrected chi connectivity index (χ0v) is 12.0. The van der Waals surface area contributed by atoms with Gasteiger partial charge in [-0.3, -0.25) is 4.79 Å². The van der Waals surface area contributed by atoms with E-state index in [4.69, 9.17) is 0 Å². The molecule has 0 aromatic heterocycles. The number of carboxylic acid groups (broad SMARTS) is 1. The molecule has 2 unspecified atom stereocenters.